The summed E-state index contributed by atoms with van der Waals surface area (Å²) in [6.07, 6.45) is 0. The molecule has 7 heteroatoms. The summed E-state index contributed by atoms with van der Waals surface area (Å²) in [4.78, 5) is 34.9. The number of carboxylic acids is 1. The summed E-state index contributed by atoms with van der Waals surface area (Å²) >= 11 is 0. The van der Waals surface area contributed by atoms with Gasteiger partial charge in [-0.15, -0.1) is 0 Å². The number of hydrogen-bond donors (Lipinski definition) is 3. The third-order valence-corrected chi connectivity index (χ3v) is 2.56. The van der Waals surface area contributed by atoms with Crippen LogP contribution in [0.4, 0.5) is 0 Å². The van der Waals surface area contributed by atoms with Crippen molar-refractivity contribution in [1.29, 1.82) is 0 Å². The molecule has 7 nitrogen and oxygen atoms in total. The molecule has 0 aliphatic carbocycles. The van der Waals surface area contributed by atoms with Gasteiger partial charge in [0.15, 0.2) is 0 Å². The van der Waals surface area contributed by atoms with Crippen LogP contribution in [0.15, 0.2) is 30.3 Å². The van der Waals surface area contributed by atoms with Gasteiger partial charge < -0.3 is 21.1 Å². The Bertz CT molecular complexity index is 476. The molecule has 0 radical (unpaired) electrons. The van der Waals surface area contributed by atoms with Crippen LogP contribution in [0.2, 0.25) is 0 Å². The predicted octanol–water partition coefficient (Wildman–Crippen LogP) is -0.712. The Labute approximate surface area is 116 Å². The van der Waals surface area contributed by atoms with Gasteiger partial charge in [0, 0.05) is 18.7 Å². The van der Waals surface area contributed by atoms with Crippen molar-refractivity contribution >= 4 is 17.8 Å². The number of carbonyl (C=O) groups is 3. The van der Waals surface area contributed by atoms with Gasteiger partial charge in [-0.2, -0.15) is 0 Å². The number of carbonyl (C=O) groups excluding carboxylic acids is 2. The maximum Gasteiger partial charge on any atom is 0.323 e. The highest BCUT2D eigenvalue weighted by Crippen LogP contribution is 1.97. The van der Waals surface area contributed by atoms with E-state index >= 15 is 0 Å². The number of nitrogens with two attached hydrogens (primary N) is 1. The molecule has 20 heavy (non-hydrogen) atoms. The Morgan fingerprint density at radius 1 is 1.20 bits per heavy atom. The van der Waals surface area contributed by atoms with Gasteiger partial charge in [0.1, 0.15) is 6.54 Å². The van der Waals surface area contributed by atoms with Gasteiger partial charge in [-0.3, -0.25) is 14.4 Å². The van der Waals surface area contributed by atoms with Crippen molar-refractivity contribution in [2.75, 3.05) is 26.2 Å². The molecule has 0 fully saturated rings. The Kier molecular flexibility index (Phi) is 6.18. The first-order chi connectivity index (χ1) is 9.54. The zero-order valence-corrected chi connectivity index (χ0v) is 10.9. The molecule has 0 spiro atoms. The number of amides is 2. The molecule has 108 valence electrons. The van der Waals surface area contributed by atoms with Crippen LogP contribution in [0.5, 0.6) is 0 Å². The molecular formula is C13H17N3O4. The van der Waals surface area contributed by atoms with Crippen molar-refractivity contribution in [3.8, 4) is 0 Å². The highest BCUT2D eigenvalue weighted by atomic mass is 16.4. The topological polar surface area (TPSA) is 113 Å². The third kappa shape index (κ3) is 5.07. The summed E-state index contributed by atoms with van der Waals surface area (Å²) < 4.78 is 0. The van der Waals surface area contributed by atoms with Gasteiger partial charge in [0.25, 0.3) is 5.91 Å². The number of rotatable bonds is 7. The van der Waals surface area contributed by atoms with Crippen LogP contribution >= 0.6 is 0 Å². The van der Waals surface area contributed by atoms with Crippen LogP contribution in [0.3, 0.4) is 0 Å². The number of hydrogen-bond acceptors (Lipinski definition) is 4. The first kappa shape index (κ1) is 15.6. The lowest BCUT2D eigenvalue weighted by atomic mass is 10.2. The molecule has 1 rings (SSSR count). The summed E-state index contributed by atoms with van der Waals surface area (Å²) in [6, 6.07) is 8.60. The molecule has 0 unspecified atom stereocenters. The van der Waals surface area contributed by atoms with E-state index in [-0.39, 0.29) is 25.5 Å². The van der Waals surface area contributed by atoms with Crippen LogP contribution < -0.4 is 11.1 Å². The fourth-order valence-corrected chi connectivity index (χ4v) is 1.58. The van der Waals surface area contributed by atoms with Gasteiger partial charge >= 0.3 is 5.97 Å². The maximum absolute atomic E-state index is 11.7. The quantitative estimate of drug-likeness (QED) is 0.610. The summed E-state index contributed by atoms with van der Waals surface area (Å²) in [7, 11) is 0. The maximum atomic E-state index is 11.7. The Morgan fingerprint density at radius 2 is 1.85 bits per heavy atom. The van der Waals surface area contributed by atoms with Gasteiger partial charge in [0.2, 0.25) is 5.91 Å². The smallest absolute Gasteiger partial charge is 0.323 e. The highest BCUT2D eigenvalue weighted by Gasteiger charge is 2.15. The Hall–Kier alpha value is -2.41. The van der Waals surface area contributed by atoms with E-state index in [1.54, 1.807) is 30.3 Å². The van der Waals surface area contributed by atoms with E-state index in [1.807, 2.05) is 0 Å². The SMILES string of the molecule is NCC(=O)N(CCNC(=O)c1ccccc1)CC(=O)O. The van der Waals surface area contributed by atoms with E-state index in [0.29, 0.717) is 5.56 Å². The van der Waals surface area contributed by atoms with Crippen molar-refractivity contribution in [2.45, 2.75) is 0 Å². The molecule has 0 saturated carbocycles. The van der Waals surface area contributed by atoms with Gasteiger partial charge in [-0.05, 0) is 12.1 Å². The van der Waals surface area contributed by atoms with Crippen LogP contribution in [0.25, 0.3) is 0 Å². The van der Waals surface area contributed by atoms with Crippen molar-refractivity contribution < 1.29 is 19.5 Å². The van der Waals surface area contributed by atoms with Crippen LogP contribution in [0, 0.1) is 0 Å². The second kappa shape index (κ2) is 7.90. The van der Waals surface area contributed by atoms with Crippen LogP contribution in [-0.4, -0.2) is 54.0 Å². The standard InChI is InChI=1S/C13H17N3O4/c14-8-11(17)16(9-12(18)19)7-6-15-13(20)10-4-2-1-3-5-10/h1-5H,6-9,14H2,(H,15,20)(H,18,19). The Balaban J connectivity index is 2.46. The second-order valence-electron chi connectivity index (χ2n) is 4.04. The number of aliphatic carboxylic acids is 1. The molecule has 1 aromatic carbocycles. The zero-order valence-electron chi connectivity index (χ0n) is 10.9. The van der Waals surface area contributed by atoms with Crippen molar-refractivity contribution in [1.82, 2.24) is 10.2 Å². The molecule has 1 aromatic rings. The van der Waals surface area contributed by atoms with Gasteiger partial charge in [-0.1, -0.05) is 18.2 Å². The predicted molar refractivity (Wildman–Crippen MR) is 72.0 cm³/mol. The minimum atomic E-state index is -1.12. The lowest BCUT2D eigenvalue weighted by molar-refractivity contribution is -0.143. The summed E-state index contributed by atoms with van der Waals surface area (Å²) in [5, 5.41) is 11.3. The van der Waals surface area contributed by atoms with E-state index in [0.717, 1.165) is 4.90 Å². The normalized spacial score (nSPS) is 9.85. The average molecular weight is 279 g/mol. The van der Waals surface area contributed by atoms with E-state index in [4.69, 9.17) is 10.8 Å². The lowest BCUT2D eigenvalue weighted by Gasteiger charge is -2.20. The molecule has 0 atom stereocenters. The van der Waals surface area contributed by atoms with Crippen LogP contribution in [-0.2, 0) is 9.59 Å². The molecule has 0 saturated heterocycles. The number of benzene rings is 1. The number of carboxylic acid groups (broad SMARTS) is 1. The molecule has 4 N–H and O–H groups in total. The third-order valence-electron chi connectivity index (χ3n) is 2.56. The van der Waals surface area contributed by atoms with Gasteiger partial charge in [-0.25, -0.2) is 0 Å². The van der Waals surface area contributed by atoms with E-state index in [2.05, 4.69) is 5.32 Å². The minimum Gasteiger partial charge on any atom is -0.480 e. The van der Waals surface area contributed by atoms with E-state index in [9.17, 15) is 14.4 Å². The minimum absolute atomic E-state index is 0.0981. The second-order valence-corrected chi connectivity index (χ2v) is 4.04. The van der Waals surface area contributed by atoms with E-state index in [1.165, 1.54) is 0 Å². The fourth-order valence-electron chi connectivity index (χ4n) is 1.58. The Morgan fingerprint density at radius 3 is 2.40 bits per heavy atom. The molecule has 0 bridgehead atoms. The monoisotopic (exact) mass is 279 g/mol. The molecule has 0 aromatic heterocycles. The molecule has 0 aliphatic heterocycles. The van der Waals surface area contributed by atoms with Crippen LogP contribution in [0.1, 0.15) is 10.4 Å². The first-order valence-corrected chi connectivity index (χ1v) is 6.07. The average Bonchev–Trinajstić information content (AvgIpc) is 2.45. The lowest BCUT2D eigenvalue weighted by Crippen LogP contribution is -2.43. The summed E-state index contributed by atoms with van der Waals surface area (Å²) in [5.41, 5.74) is 5.70. The van der Waals surface area contributed by atoms with E-state index < -0.39 is 18.4 Å². The summed E-state index contributed by atoms with van der Waals surface area (Å²) in [6.45, 7) is -0.440. The molecule has 2 amide bonds. The molecule has 0 heterocycles. The highest BCUT2D eigenvalue weighted by molar-refractivity contribution is 5.94. The first-order valence-electron chi connectivity index (χ1n) is 6.07. The summed E-state index contributed by atoms with van der Waals surface area (Å²) in [5.74, 6) is -1.87. The zero-order chi connectivity index (χ0) is 15.0. The van der Waals surface area contributed by atoms with Crippen molar-refractivity contribution in [2.24, 2.45) is 5.73 Å². The van der Waals surface area contributed by atoms with Crippen molar-refractivity contribution in [3.63, 3.8) is 0 Å². The molecular weight excluding hydrogens is 262 g/mol. The van der Waals surface area contributed by atoms with Crippen molar-refractivity contribution in [3.05, 3.63) is 35.9 Å². The molecule has 0 aliphatic rings. The number of nitrogens with zero attached hydrogens (tertiary/aromatic N) is 1. The number of nitrogens with one attached hydrogen (secondary N) is 1. The fraction of sp³-hybridized carbons (Fsp3) is 0.308. The largest absolute Gasteiger partial charge is 0.480 e. The van der Waals surface area contributed by atoms with Gasteiger partial charge in [0.05, 0.1) is 6.54 Å².